The van der Waals surface area contributed by atoms with E-state index in [0.29, 0.717) is 17.1 Å². The van der Waals surface area contributed by atoms with Crippen molar-refractivity contribution in [2.75, 3.05) is 7.11 Å². The standard InChI is InChI=1S/C15H14O3/c1-11-3-6-13(7-4-11)18-14-8-5-12(10-16)9-15(14)17-2/h3-10H,1-2H3. The lowest BCUT2D eigenvalue weighted by Gasteiger charge is -2.10. The molecule has 0 radical (unpaired) electrons. The smallest absolute Gasteiger partial charge is 0.169 e. The summed E-state index contributed by atoms with van der Waals surface area (Å²) < 4.78 is 10.9. The second-order valence-electron chi connectivity index (χ2n) is 3.94. The molecule has 2 aromatic carbocycles. The molecule has 2 aromatic rings. The van der Waals surface area contributed by atoms with E-state index in [4.69, 9.17) is 9.47 Å². The molecule has 0 saturated carbocycles. The summed E-state index contributed by atoms with van der Waals surface area (Å²) in [6.07, 6.45) is 0.776. The van der Waals surface area contributed by atoms with E-state index in [1.165, 1.54) is 5.56 Å². The van der Waals surface area contributed by atoms with Crippen LogP contribution in [0.25, 0.3) is 0 Å². The molecule has 0 aliphatic rings. The summed E-state index contributed by atoms with van der Waals surface area (Å²) >= 11 is 0. The van der Waals surface area contributed by atoms with Crippen molar-refractivity contribution in [3.8, 4) is 17.2 Å². The van der Waals surface area contributed by atoms with E-state index in [2.05, 4.69) is 0 Å². The molecule has 2 rings (SSSR count). The highest BCUT2D eigenvalue weighted by Crippen LogP contribution is 2.31. The molecule has 0 unspecified atom stereocenters. The van der Waals surface area contributed by atoms with E-state index < -0.39 is 0 Å². The van der Waals surface area contributed by atoms with Crippen LogP contribution in [0.5, 0.6) is 17.2 Å². The maximum Gasteiger partial charge on any atom is 0.169 e. The van der Waals surface area contributed by atoms with Gasteiger partial charge in [0.05, 0.1) is 7.11 Å². The zero-order chi connectivity index (χ0) is 13.0. The molecule has 0 bridgehead atoms. The van der Waals surface area contributed by atoms with Crippen molar-refractivity contribution in [3.05, 3.63) is 53.6 Å². The van der Waals surface area contributed by atoms with Gasteiger partial charge in [-0.3, -0.25) is 4.79 Å². The molecule has 0 fully saturated rings. The van der Waals surface area contributed by atoms with Gasteiger partial charge in [0.25, 0.3) is 0 Å². The number of ether oxygens (including phenoxy) is 2. The average Bonchev–Trinajstić information content (AvgIpc) is 2.41. The topological polar surface area (TPSA) is 35.5 Å². The highest BCUT2D eigenvalue weighted by molar-refractivity contribution is 5.76. The first kappa shape index (κ1) is 12.2. The summed E-state index contributed by atoms with van der Waals surface area (Å²) in [6, 6.07) is 12.8. The van der Waals surface area contributed by atoms with Crippen molar-refractivity contribution in [1.82, 2.24) is 0 Å². The van der Waals surface area contributed by atoms with Crippen molar-refractivity contribution >= 4 is 6.29 Å². The number of carbonyl (C=O) groups is 1. The summed E-state index contributed by atoms with van der Waals surface area (Å²) in [7, 11) is 1.55. The number of hydrogen-bond acceptors (Lipinski definition) is 3. The van der Waals surface area contributed by atoms with E-state index in [1.807, 2.05) is 31.2 Å². The summed E-state index contributed by atoms with van der Waals surface area (Å²) in [5.41, 5.74) is 1.73. The third-order valence-corrected chi connectivity index (χ3v) is 2.57. The Bertz CT molecular complexity index is 544. The summed E-state index contributed by atoms with van der Waals surface area (Å²) in [5, 5.41) is 0. The number of hydrogen-bond donors (Lipinski definition) is 0. The van der Waals surface area contributed by atoms with E-state index in [9.17, 15) is 4.79 Å². The van der Waals surface area contributed by atoms with Gasteiger partial charge in [0, 0.05) is 5.56 Å². The Hall–Kier alpha value is -2.29. The fourth-order valence-corrected chi connectivity index (χ4v) is 1.58. The Labute approximate surface area is 106 Å². The van der Waals surface area contributed by atoms with Gasteiger partial charge in [-0.05, 0) is 37.3 Å². The van der Waals surface area contributed by atoms with Crippen LogP contribution in [0.2, 0.25) is 0 Å². The van der Waals surface area contributed by atoms with Gasteiger partial charge in [-0.1, -0.05) is 17.7 Å². The van der Waals surface area contributed by atoms with Gasteiger partial charge >= 0.3 is 0 Å². The van der Waals surface area contributed by atoms with Crippen molar-refractivity contribution in [1.29, 1.82) is 0 Å². The number of rotatable bonds is 4. The zero-order valence-corrected chi connectivity index (χ0v) is 10.3. The molecule has 0 atom stereocenters. The van der Waals surface area contributed by atoms with Gasteiger partial charge in [-0.25, -0.2) is 0 Å². The van der Waals surface area contributed by atoms with Crippen LogP contribution in [0, 0.1) is 6.92 Å². The molecule has 0 aliphatic heterocycles. The van der Waals surface area contributed by atoms with Crippen molar-refractivity contribution < 1.29 is 14.3 Å². The SMILES string of the molecule is COc1cc(C=O)ccc1Oc1ccc(C)cc1. The summed E-state index contributed by atoms with van der Waals surface area (Å²) in [4.78, 5) is 10.7. The maximum absolute atomic E-state index is 10.7. The molecule has 92 valence electrons. The zero-order valence-electron chi connectivity index (χ0n) is 10.3. The number of aryl methyl sites for hydroxylation is 1. The predicted molar refractivity (Wildman–Crippen MR) is 69.6 cm³/mol. The number of benzene rings is 2. The van der Waals surface area contributed by atoms with Crippen molar-refractivity contribution in [2.24, 2.45) is 0 Å². The first-order valence-electron chi connectivity index (χ1n) is 5.60. The van der Waals surface area contributed by atoms with Gasteiger partial charge in [0.15, 0.2) is 11.5 Å². The molecule has 3 heteroatoms. The van der Waals surface area contributed by atoms with E-state index in [-0.39, 0.29) is 0 Å². The molecule has 0 aromatic heterocycles. The fraction of sp³-hybridized carbons (Fsp3) is 0.133. The highest BCUT2D eigenvalue weighted by atomic mass is 16.5. The minimum atomic E-state index is 0.542. The van der Waals surface area contributed by atoms with E-state index in [0.717, 1.165) is 12.0 Å². The number of aldehydes is 1. The number of carbonyl (C=O) groups excluding carboxylic acids is 1. The average molecular weight is 242 g/mol. The first-order chi connectivity index (χ1) is 8.72. The summed E-state index contributed by atoms with van der Waals surface area (Å²) in [5.74, 6) is 1.87. The lowest BCUT2D eigenvalue weighted by atomic mass is 10.2. The molecule has 0 amide bonds. The summed E-state index contributed by atoms with van der Waals surface area (Å²) in [6.45, 7) is 2.02. The monoisotopic (exact) mass is 242 g/mol. The molecule has 0 aliphatic carbocycles. The third-order valence-electron chi connectivity index (χ3n) is 2.57. The molecule has 18 heavy (non-hydrogen) atoms. The second-order valence-corrected chi connectivity index (χ2v) is 3.94. The Morgan fingerprint density at radius 3 is 2.33 bits per heavy atom. The first-order valence-corrected chi connectivity index (χ1v) is 5.60. The fourth-order valence-electron chi connectivity index (χ4n) is 1.58. The Morgan fingerprint density at radius 1 is 1.00 bits per heavy atom. The number of methoxy groups -OCH3 is 1. The third kappa shape index (κ3) is 2.69. The minimum Gasteiger partial charge on any atom is -0.493 e. The Morgan fingerprint density at radius 2 is 1.72 bits per heavy atom. The van der Waals surface area contributed by atoms with Crippen molar-refractivity contribution in [2.45, 2.75) is 6.92 Å². The predicted octanol–water partition coefficient (Wildman–Crippen LogP) is 3.61. The van der Waals surface area contributed by atoms with Crippen LogP contribution in [0.15, 0.2) is 42.5 Å². The van der Waals surface area contributed by atoms with Gasteiger partial charge in [-0.15, -0.1) is 0 Å². The lowest BCUT2D eigenvalue weighted by Crippen LogP contribution is -1.92. The van der Waals surface area contributed by atoms with E-state index >= 15 is 0 Å². The minimum absolute atomic E-state index is 0.542. The van der Waals surface area contributed by atoms with Crippen LogP contribution in [0.4, 0.5) is 0 Å². The molecule has 3 nitrogen and oxygen atoms in total. The largest absolute Gasteiger partial charge is 0.493 e. The Balaban J connectivity index is 2.28. The van der Waals surface area contributed by atoms with Crippen LogP contribution >= 0.6 is 0 Å². The molecule has 0 saturated heterocycles. The molecule has 0 spiro atoms. The quantitative estimate of drug-likeness (QED) is 0.768. The van der Waals surface area contributed by atoms with Gasteiger partial charge in [0.2, 0.25) is 0 Å². The normalized spacial score (nSPS) is 9.89. The molecular formula is C15H14O3. The van der Waals surface area contributed by atoms with Crippen LogP contribution in [0.1, 0.15) is 15.9 Å². The van der Waals surface area contributed by atoms with Crippen LogP contribution < -0.4 is 9.47 Å². The maximum atomic E-state index is 10.7. The van der Waals surface area contributed by atoms with Crippen LogP contribution in [-0.2, 0) is 0 Å². The van der Waals surface area contributed by atoms with Crippen molar-refractivity contribution in [3.63, 3.8) is 0 Å². The molecule has 0 heterocycles. The molecular weight excluding hydrogens is 228 g/mol. The van der Waals surface area contributed by atoms with Gasteiger partial charge in [-0.2, -0.15) is 0 Å². The highest BCUT2D eigenvalue weighted by Gasteiger charge is 2.06. The Kier molecular flexibility index (Phi) is 3.63. The molecule has 0 N–H and O–H groups in total. The van der Waals surface area contributed by atoms with Crippen LogP contribution in [-0.4, -0.2) is 13.4 Å². The lowest BCUT2D eigenvalue weighted by molar-refractivity contribution is 0.112. The van der Waals surface area contributed by atoms with Gasteiger partial charge < -0.3 is 9.47 Å². The second kappa shape index (κ2) is 5.36. The van der Waals surface area contributed by atoms with Crippen LogP contribution in [0.3, 0.4) is 0 Å². The van der Waals surface area contributed by atoms with E-state index in [1.54, 1.807) is 25.3 Å². The van der Waals surface area contributed by atoms with Gasteiger partial charge in [0.1, 0.15) is 12.0 Å².